The molecule has 0 radical (unpaired) electrons. The molecule has 3 N–H and O–H groups in total. The van der Waals surface area contributed by atoms with Gasteiger partial charge in [0.05, 0.1) is 12.5 Å². The Hall–Kier alpha value is -1.10. The summed E-state index contributed by atoms with van der Waals surface area (Å²) in [5.74, 6) is -0.582. The van der Waals surface area contributed by atoms with Crippen molar-refractivity contribution in [2.75, 3.05) is 6.54 Å². The molecule has 0 aromatic heterocycles. The van der Waals surface area contributed by atoms with Gasteiger partial charge < -0.3 is 15.7 Å². The standard InChI is InChI=1S/C14H26N2O3/c1-9(2)10(3)16-13(17)8-15-12-6-4-5-11(7-12)14(18)19/h9-12,15H,4-8H2,1-3H3,(H,16,17)(H,18,19). The smallest absolute Gasteiger partial charge is 0.306 e. The maximum absolute atomic E-state index is 11.7. The highest BCUT2D eigenvalue weighted by molar-refractivity contribution is 5.78. The summed E-state index contributed by atoms with van der Waals surface area (Å²) in [4.78, 5) is 22.7. The minimum absolute atomic E-state index is 0.0151. The maximum Gasteiger partial charge on any atom is 0.306 e. The van der Waals surface area contributed by atoms with Gasteiger partial charge in [0.2, 0.25) is 5.91 Å². The highest BCUT2D eigenvalue weighted by Gasteiger charge is 2.26. The topological polar surface area (TPSA) is 78.4 Å². The van der Waals surface area contributed by atoms with Gasteiger partial charge in [0, 0.05) is 12.1 Å². The summed E-state index contributed by atoms with van der Waals surface area (Å²) in [7, 11) is 0. The van der Waals surface area contributed by atoms with Crippen LogP contribution in [0, 0.1) is 11.8 Å². The van der Waals surface area contributed by atoms with E-state index < -0.39 is 5.97 Å². The molecule has 1 amide bonds. The summed E-state index contributed by atoms with van der Waals surface area (Å²) in [6.45, 7) is 6.39. The molecule has 5 heteroatoms. The molecule has 1 fully saturated rings. The first-order chi connectivity index (χ1) is 8.90. The number of aliphatic carboxylic acids is 1. The second-order valence-electron chi connectivity index (χ2n) is 5.88. The van der Waals surface area contributed by atoms with Crippen LogP contribution in [0.1, 0.15) is 46.5 Å². The van der Waals surface area contributed by atoms with Gasteiger partial charge in [-0.15, -0.1) is 0 Å². The Morgan fingerprint density at radius 2 is 1.95 bits per heavy atom. The van der Waals surface area contributed by atoms with E-state index in [2.05, 4.69) is 24.5 Å². The molecule has 5 nitrogen and oxygen atoms in total. The maximum atomic E-state index is 11.7. The third kappa shape index (κ3) is 5.59. The van der Waals surface area contributed by atoms with Gasteiger partial charge in [0.15, 0.2) is 0 Å². The third-order valence-electron chi connectivity index (χ3n) is 3.96. The number of hydrogen-bond acceptors (Lipinski definition) is 3. The van der Waals surface area contributed by atoms with Crippen molar-refractivity contribution in [3.05, 3.63) is 0 Å². The van der Waals surface area contributed by atoms with E-state index in [4.69, 9.17) is 5.11 Å². The van der Waals surface area contributed by atoms with E-state index in [9.17, 15) is 9.59 Å². The summed E-state index contributed by atoms with van der Waals surface area (Å²) in [6.07, 6.45) is 3.25. The molecule has 0 heterocycles. The molecule has 1 saturated carbocycles. The van der Waals surface area contributed by atoms with Crippen LogP contribution in [-0.2, 0) is 9.59 Å². The van der Waals surface area contributed by atoms with Gasteiger partial charge in [-0.2, -0.15) is 0 Å². The second kappa shape index (κ2) is 7.48. The Bertz CT molecular complexity index is 318. The molecule has 0 bridgehead atoms. The van der Waals surface area contributed by atoms with Gasteiger partial charge >= 0.3 is 5.97 Å². The van der Waals surface area contributed by atoms with Crippen LogP contribution in [-0.4, -0.2) is 35.6 Å². The Labute approximate surface area is 115 Å². The third-order valence-corrected chi connectivity index (χ3v) is 3.96. The van der Waals surface area contributed by atoms with Gasteiger partial charge in [0.1, 0.15) is 0 Å². The quantitative estimate of drug-likeness (QED) is 0.681. The Morgan fingerprint density at radius 3 is 2.53 bits per heavy atom. The van der Waals surface area contributed by atoms with Crippen LogP contribution in [0.5, 0.6) is 0 Å². The molecule has 0 aliphatic heterocycles. The number of hydrogen-bond donors (Lipinski definition) is 3. The number of carbonyl (C=O) groups excluding carboxylic acids is 1. The van der Waals surface area contributed by atoms with Crippen molar-refractivity contribution in [1.82, 2.24) is 10.6 Å². The molecule has 3 atom stereocenters. The number of carboxylic acids is 1. The predicted molar refractivity (Wildman–Crippen MR) is 73.8 cm³/mol. The Kier molecular flexibility index (Phi) is 6.28. The predicted octanol–water partition coefficient (Wildman–Crippen LogP) is 1.38. The largest absolute Gasteiger partial charge is 0.481 e. The van der Waals surface area contributed by atoms with Crippen molar-refractivity contribution < 1.29 is 14.7 Å². The molecule has 1 aliphatic rings. The van der Waals surface area contributed by atoms with Crippen LogP contribution in [0.4, 0.5) is 0 Å². The van der Waals surface area contributed by atoms with E-state index in [1.54, 1.807) is 0 Å². The summed E-state index contributed by atoms with van der Waals surface area (Å²) >= 11 is 0. The normalized spacial score (nSPS) is 25.1. The minimum atomic E-state index is -0.718. The van der Waals surface area contributed by atoms with E-state index >= 15 is 0 Å². The van der Waals surface area contributed by atoms with E-state index in [0.29, 0.717) is 12.3 Å². The lowest BCUT2D eigenvalue weighted by Crippen LogP contribution is -2.45. The lowest BCUT2D eigenvalue weighted by molar-refractivity contribution is -0.143. The number of amides is 1. The van der Waals surface area contributed by atoms with E-state index in [1.165, 1.54) is 0 Å². The molecule has 0 saturated heterocycles. The van der Waals surface area contributed by atoms with Crippen molar-refractivity contribution in [3.63, 3.8) is 0 Å². The van der Waals surface area contributed by atoms with Crippen LogP contribution in [0.2, 0.25) is 0 Å². The molecule has 0 aromatic rings. The van der Waals surface area contributed by atoms with Gasteiger partial charge in [-0.25, -0.2) is 0 Å². The van der Waals surface area contributed by atoms with Crippen LogP contribution in [0.15, 0.2) is 0 Å². The zero-order valence-corrected chi connectivity index (χ0v) is 12.1. The summed E-state index contributed by atoms with van der Waals surface area (Å²) in [5.41, 5.74) is 0. The summed E-state index contributed by atoms with van der Waals surface area (Å²) in [6, 6.07) is 0.308. The molecule has 0 spiro atoms. The zero-order chi connectivity index (χ0) is 14.4. The first-order valence-corrected chi connectivity index (χ1v) is 7.15. The summed E-state index contributed by atoms with van der Waals surface area (Å²) in [5, 5.41) is 15.1. The average molecular weight is 270 g/mol. The van der Waals surface area contributed by atoms with Gasteiger partial charge in [-0.05, 0) is 32.1 Å². The number of nitrogens with one attached hydrogen (secondary N) is 2. The molecule has 110 valence electrons. The van der Waals surface area contributed by atoms with Crippen LogP contribution < -0.4 is 10.6 Å². The highest BCUT2D eigenvalue weighted by atomic mass is 16.4. The number of rotatable bonds is 6. The SMILES string of the molecule is CC(C)C(C)NC(=O)CNC1CCCC(C(=O)O)C1. The van der Waals surface area contributed by atoms with Crippen molar-refractivity contribution in [2.24, 2.45) is 11.8 Å². The number of carbonyl (C=O) groups is 2. The molecule has 0 aromatic carbocycles. The van der Waals surface area contributed by atoms with E-state index in [0.717, 1.165) is 19.3 Å². The van der Waals surface area contributed by atoms with Gasteiger partial charge in [-0.3, -0.25) is 9.59 Å². The lowest BCUT2D eigenvalue weighted by atomic mass is 9.86. The Balaban J connectivity index is 2.28. The lowest BCUT2D eigenvalue weighted by Gasteiger charge is -2.27. The van der Waals surface area contributed by atoms with Crippen molar-refractivity contribution in [1.29, 1.82) is 0 Å². The zero-order valence-electron chi connectivity index (χ0n) is 12.1. The summed E-state index contributed by atoms with van der Waals surface area (Å²) < 4.78 is 0. The fourth-order valence-corrected chi connectivity index (χ4v) is 2.31. The fraction of sp³-hybridized carbons (Fsp3) is 0.857. The van der Waals surface area contributed by atoms with Gasteiger partial charge in [0.25, 0.3) is 0 Å². The van der Waals surface area contributed by atoms with Crippen molar-refractivity contribution in [3.8, 4) is 0 Å². The Morgan fingerprint density at radius 1 is 1.26 bits per heavy atom. The van der Waals surface area contributed by atoms with Crippen LogP contribution in [0.3, 0.4) is 0 Å². The molecule has 1 aliphatic carbocycles. The first-order valence-electron chi connectivity index (χ1n) is 7.15. The second-order valence-corrected chi connectivity index (χ2v) is 5.88. The van der Waals surface area contributed by atoms with Crippen molar-refractivity contribution >= 4 is 11.9 Å². The molecular formula is C14H26N2O3. The van der Waals surface area contributed by atoms with E-state index in [1.807, 2.05) is 6.92 Å². The molecule has 19 heavy (non-hydrogen) atoms. The fourth-order valence-electron chi connectivity index (χ4n) is 2.31. The highest BCUT2D eigenvalue weighted by Crippen LogP contribution is 2.24. The van der Waals surface area contributed by atoms with Crippen LogP contribution in [0.25, 0.3) is 0 Å². The first kappa shape index (κ1) is 16.0. The average Bonchev–Trinajstić information content (AvgIpc) is 2.36. The van der Waals surface area contributed by atoms with E-state index in [-0.39, 0.29) is 30.5 Å². The minimum Gasteiger partial charge on any atom is -0.481 e. The molecule has 3 unspecified atom stereocenters. The molecule has 1 rings (SSSR count). The van der Waals surface area contributed by atoms with Gasteiger partial charge in [-0.1, -0.05) is 20.3 Å². The molecular weight excluding hydrogens is 244 g/mol. The number of carboxylic acid groups (broad SMARTS) is 1. The monoisotopic (exact) mass is 270 g/mol. The van der Waals surface area contributed by atoms with Crippen molar-refractivity contribution in [2.45, 2.75) is 58.5 Å². The van der Waals surface area contributed by atoms with Crippen LogP contribution >= 0.6 is 0 Å².